The first kappa shape index (κ1) is 12.6. The van der Waals surface area contributed by atoms with Crippen LogP contribution in [-0.4, -0.2) is 38.1 Å². The van der Waals surface area contributed by atoms with Crippen LogP contribution in [-0.2, 0) is 0 Å². The van der Waals surface area contributed by atoms with Gasteiger partial charge in [0.1, 0.15) is 0 Å². The van der Waals surface area contributed by atoms with Crippen LogP contribution in [0, 0.1) is 0 Å². The zero-order chi connectivity index (χ0) is 13.1. The van der Waals surface area contributed by atoms with Gasteiger partial charge in [-0.05, 0) is 41.8 Å². The molecule has 0 bridgehead atoms. The maximum absolute atomic E-state index is 4.22. The molecule has 0 N–H and O–H groups in total. The molecule has 5 nitrogen and oxygen atoms in total. The number of hydrogen-bond acceptors (Lipinski definition) is 4. The van der Waals surface area contributed by atoms with Crippen molar-refractivity contribution in [3.8, 4) is 5.69 Å². The van der Waals surface area contributed by atoms with Gasteiger partial charge in [0.15, 0.2) is 0 Å². The molecule has 1 aliphatic heterocycles. The first-order valence-corrected chi connectivity index (χ1v) is 7.68. The largest absolute Gasteiger partial charge is 0.336 e. The number of anilines is 1. The molecule has 1 unspecified atom stereocenters. The summed E-state index contributed by atoms with van der Waals surface area (Å²) in [5, 5.41) is 13.2. The minimum absolute atomic E-state index is 0.474. The maximum atomic E-state index is 4.22. The van der Waals surface area contributed by atoms with Crippen molar-refractivity contribution in [3.63, 3.8) is 0 Å². The van der Waals surface area contributed by atoms with Crippen LogP contribution in [0.2, 0.25) is 0 Å². The molecular weight excluding hydrogens is 306 g/mol. The summed E-state index contributed by atoms with van der Waals surface area (Å²) < 4.78 is 1.82. The molecule has 6 heteroatoms. The lowest BCUT2D eigenvalue weighted by Crippen LogP contribution is -2.42. The number of para-hydroxylation sites is 1. The molecule has 1 fully saturated rings. The molecule has 0 radical (unpaired) electrons. The Hall–Kier alpha value is -1.43. The highest BCUT2D eigenvalue weighted by Crippen LogP contribution is 2.25. The summed E-state index contributed by atoms with van der Waals surface area (Å²) in [7, 11) is 0. The summed E-state index contributed by atoms with van der Waals surface area (Å²) >= 11 is 3.60. The Balaban J connectivity index is 1.95. The SMILES string of the molecule is BrCC1CCCCN1c1nnnn1-c1ccccc1. The van der Waals surface area contributed by atoms with Crippen molar-refractivity contribution >= 4 is 21.9 Å². The zero-order valence-corrected chi connectivity index (χ0v) is 12.2. The quantitative estimate of drug-likeness (QED) is 0.814. The molecular formula is C13H16BrN5. The number of nitrogens with zero attached hydrogens (tertiary/aromatic N) is 5. The van der Waals surface area contributed by atoms with Crippen molar-refractivity contribution in [2.45, 2.75) is 25.3 Å². The maximum Gasteiger partial charge on any atom is 0.250 e. The monoisotopic (exact) mass is 321 g/mol. The Morgan fingerprint density at radius 1 is 1.21 bits per heavy atom. The van der Waals surface area contributed by atoms with E-state index in [-0.39, 0.29) is 0 Å². The zero-order valence-electron chi connectivity index (χ0n) is 10.6. The van der Waals surface area contributed by atoms with Crippen LogP contribution in [0.1, 0.15) is 19.3 Å². The fourth-order valence-corrected chi connectivity index (χ4v) is 3.20. The third kappa shape index (κ3) is 2.49. The van der Waals surface area contributed by atoms with Crippen molar-refractivity contribution in [2.75, 3.05) is 16.8 Å². The van der Waals surface area contributed by atoms with Crippen LogP contribution in [0.4, 0.5) is 5.95 Å². The van der Waals surface area contributed by atoms with Gasteiger partial charge < -0.3 is 4.90 Å². The first-order chi connectivity index (χ1) is 9.40. The first-order valence-electron chi connectivity index (χ1n) is 6.56. The average Bonchev–Trinajstić information content (AvgIpc) is 2.97. The van der Waals surface area contributed by atoms with E-state index < -0.39 is 0 Å². The average molecular weight is 322 g/mol. The molecule has 100 valence electrons. The van der Waals surface area contributed by atoms with E-state index in [1.165, 1.54) is 19.3 Å². The Morgan fingerprint density at radius 3 is 2.84 bits per heavy atom. The van der Waals surface area contributed by atoms with Gasteiger partial charge in [0, 0.05) is 17.9 Å². The van der Waals surface area contributed by atoms with Crippen molar-refractivity contribution in [1.29, 1.82) is 0 Å². The Bertz CT molecular complexity index is 527. The fourth-order valence-electron chi connectivity index (χ4n) is 2.52. The lowest BCUT2D eigenvalue weighted by atomic mass is 10.0. The van der Waals surface area contributed by atoms with Gasteiger partial charge >= 0.3 is 0 Å². The highest BCUT2D eigenvalue weighted by Gasteiger charge is 2.26. The van der Waals surface area contributed by atoms with Crippen LogP contribution in [0.3, 0.4) is 0 Å². The number of hydrogen-bond donors (Lipinski definition) is 0. The predicted octanol–water partition coefficient (Wildman–Crippen LogP) is 2.42. The molecule has 0 saturated carbocycles. The van der Waals surface area contributed by atoms with Gasteiger partial charge in [-0.15, -0.1) is 0 Å². The van der Waals surface area contributed by atoms with E-state index in [1.54, 1.807) is 0 Å². The van der Waals surface area contributed by atoms with E-state index in [9.17, 15) is 0 Å². The molecule has 1 aliphatic rings. The molecule has 0 aliphatic carbocycles. The second-order valence-corrected chi connectivity index (χ2v) is 5.37. The third-order valence-corrected chi connectivity index (χ3v) is 4.26. The minimum atomic E-state index is 0.474. The number of alkyl halides is 1. The molecule has 1 atom stereocenters. The molecule has 1 aromatic heterocycles. The van der Waals surface area contributed by atoms with Gasteiger partial charge in [0.05, 0.1) is 5.69 Å². The highest BCUT2D eigenvalue weighted by atomic mass is 79.9. The number of piperidine rings is 1. The van der Waals surface area contributed by atoms with Gasteiger partial charge in [0.2, 0.25) is 0 Å². The van der Waals surface area contributed by atoms with E-state index in [0.29, 0.717) is 6.04 Å². The molecule has 1 saturated heterocycles. The summed E-state index contributed by atoms with van der Waals surface area (Å²) in [6.45, 7) is 1.02. The van der Waals surface area contributed by atoms with Gasteiger partial charge in [-0.3, -0.25) is 0 Å². The molecule has 0 amide bonds. The smallest absolute Gasteiger partial charge is 0.250 e. The molecule has 2 aromatic rings. The third-order valence-electron chi connectivity index (χ3n) is 3.52. The fraction of sp³-hybridized carbons (Fsp3) is 0.462. The second-order valence-electron chi connectivity index (χ2n) is 4.72. The molecule has 2 heterocycles. The van der Waals surface area contributed by atoms with Crippen LogP contribution in [0.5, 0.6) is 0 Å². The highest BCUT2D eigenvalue weighted by molar-refractivity contribution is 9.09. The van der Waals surface area contributed by atoms with Gasteiger partial charge in [-0.25, -0.2) is 0 Å². The van der Waals surface area contributed by atoms with Gasteiger partial charge in [-0.1, -0.05) is 39.2 Å². The van der Waals surface area contributed by atoms with E-state index in [2.05, 4.69) is 36.4 Å². The molecule has 19 heavy (non-hydrogen) atoms. The summed E-state index contributed by atoms with van der Waals surface area (Å²) in [6.07, 6.45) is 3.66. The van der Waals surface area contributed by atoms with Crippen LogP contribution >= 0.6 is 15.9 Å². The number of aromatic nitrogens is 4. The molecule has 3 rings (SSSR count). The minimum Gasteiger partial charge on any atom is -0.336 e. The predicted molar refractivity (Wildman–Crippen MR) is 77.9 cm³/mol. The molecule has 1 aromatic carbocycles. The van der Waals surface area contributed by atoms with Crippen molar-refractivity contribution in [2.24, 2.45) is 0 Å². The number of rotatable bonds is 3. The summed E-state index contributed by atoms with van der Waals surface area (Å²) in [4.78, 5) is 2.31. The lowest BCUT2D eigenvalue weighted by Gasteiger charge is -2.34. The summed E-state index contributed by atoms with van der Waals surface area (Å²) in [5.74, 6) is 0.843. The van der Waals surface area contributed by atoms with E-state index in [1.807, 2.05) is 35.0 Å². The Kier molecular flexibility index (Phi) is 3.77. The Labute approximate surface area is 120 Å². The summed E-state index contributed by atoms with van der Waals surface area (Å²) in [5.41, 5.74) is 1.00. The van der Waals surface area contributed by atoms with Crippen molar-refractivity contribution in [1.82, 2.24) is 20.2 Å². The molecule has 0 spiro atoms. The van der Waals surface area contributed by atoms with Crippen molar-refractivity contribution in [3.05, 3.63) is 30.3 Å². The normalized spacial score (nSPS) is 19.6. The number of benzene rings is 1. The van der Waals surface area contributed by atoms with Crippen LogP contribution in [0.25, 0.3) is 5.69 Å². The standard InChI is InChI=1S/C13H16BrN5/c14-10-12-8-4-5-9-18(12)13-15-16-17-19(13)11-6-2-1-3-7-11/h1-3,6-7,12H,4-5,8-10H2. The van der Waals surface area contributed by atoms with Crippen molar-refractivity contribution < 1.29 is 0 Å². The lowest BCUT2D eigenvalue weighted by molar-refractivity contribution is 0.480. The topological polar surface area (TPSA) is 46.8 Å². The Morgan fingerprint density at radius 2 is 2.05 bits per heavy atom. The second kappa shape index (κ2) is 5.69. The van der Waals surface area contributed by atoms with Gasteiger partial charge in [-0.2, -0.15) is 4.68 Å². The van der Waals surface area contributed by atoms with E-state index >= 15 is 0 Å². The summed E-state index contributed by atoms with van der Waals surface area (Å²) in [6, 6.07) is 10.5. The number of halogens is 1. The van der Waals surface area contributed by atoms with Crippen LogP contribution in [0.15, 0.2) is 30.3 Å². The van der Waals surface area contributed by atoms with E-state index in [4.69, 9.17) is 0 Å². The number of tetrazole rings is 1. The van der Waals surface area contributed by atoms with Crippen LogP contribution < -0.4 is 4.90 Å². The van der Waals surface area contributed by atoms with Gasteiger partial charge in [0.25, 0.3) is 5.95 Å². The van der Waals surface area contributed by atoms with E-state index in [0.717, 1.165) is 23.5 Å².